The van der Waals surface area contributed by atoms with E-state index >= 15 is 0 Å². The summed E-state index contributed by atoms with van der Waals surface area (Å²) in [4.78, 5) is 10.8. The van der Waals surface area contributed by atoms with E-state index in [4.69, 9.17) is 9.97 Å². The Labute approximate surface area is 297 Å². The third-order valence-corrected chi connectivity index (χ3v) is 11.8. The first-order valence-corrected chi connectivity index (χ1v) is 18.4. The van der Waals surface area contributed by atoms with E-state index in [1.807, 2.05) is 11.3 Å². The number of nitrogens with zero attached hydrogens (tertiary/aromatic N) is 2. The lowest BCUT2D eigenvalue weighted by Crippen LogP contribution is -1.94. The second-order valence-electron chi connectivity index (χ2n) is 12.6. The molecule has 0 bridgehead atoms. The number of hydrogen-bond acceptors (Lipinski definition) is 4. The zero-order chi connectivity index (χ0) is 33.0. The zero-order valence-electron chi connectivity index (χ0n) is 26.9. The minimum atomic E-state index is 0.737. The van der Waals surface area contributed by atoms with E-state index in [1.54, 1.807) is 11.3 Å². The molecule has 7 aromatic carbocycles. The van der Waals surface area contributed by atoms with Crippen LogP contribution in [0.3, 0.4) is 0 Å². The molecule has 3 aromatic heterocycles. The molecule has 4 heteroatoms. The Morgan fingerprint density at radius 1 is 0.360 bits per heavy atom. The SMILES string of the molecule is c1ccc(-c2cccc(-c3nc(-c4cc(-c5cccc(-c6ccccc6)c5)c5c(c4)sc4ccccc45)nc4c3sc3ccccc34)c2)cc1. The summed E-state index contributed by atoms with van der Waals surface area (Å²) in [6.07, 6.45) is 0. The summed E-state index contributed by atoms with van der Waals surface area (Å²) >= 11 is 3.61. The van der Waals surface area contributed by atoms with Crippen LogP contribution >= 0.6 is 22.7 Å². The monoisotopic (exact) mass is 672 g/mol. The normalized spacial score (nSPS) is 11.6. The van der Waals surface area contributed by atoms with Gasteiger partial charge in [0.2, 0.25) is 0 Å². The fraction of sp³-hybridized carbons (Fsp3) is 0. The molecule has 0 atom stereocenters. The molecule has 0 spiro atoms. The first-order valence-electron chi connectivity index (χ1n) is 16.7. The lowest BCUT2D eigenvalue weighted by atomic mass is 9.94. The van der Waals surface area contributed by atoms with Crippen LogP contribution < -0.4 is 0 Å². The molecule has 0 fully saturated rings. The van der Waals surface area contributed by atoms with Gasteiger partial charge in [0.05, 0.1) is 15.9 Å². The van der Waals surface area contributed by atoms with Crippen molar-refractivity contribution in [3.8, 4) is 56.0 Å². The first kappa shape index (κ1) is 29.0. The van der Waals surface area contributed by atoms with Crippen molar-refractivity contribution in [2.45, 2.75) is 0 Å². The Morgan fingerprint density at radius 3 is 1.64 bits per heavy atom. The van der Waals surface area contributed by atoms with Crippen molar-refractivity contribution in [3.63, 3.8) is 0 Å². The van der Waals surface area contributed by atoms with Crippen LogP contribution in [0.2, 0.25) is 0 Å². The van der Waals surface area contributed by atoms with Gasteiger partial charge in [-0.1, -0.05) is 133 Å². The number of rotatable bonds is 5. The average molecular weight is 673 g/mol. The molecule has 3 heterocycles. The molecule has 50 heavy (non-hydrogen) atoms. The second kappa shape index (κ2) is 11.9. The maximum absolute atomic E-state index is 5.44. The summed E-state index contributed by atoms with van der Waals surface area (Å²) in [6.45, 7) is 0. The fourth-order valence-corrected chi connectivity index (χ4v) is 9.43. The molecule has 10 rings (SSSR count). The highest BCUT2D eigenvalue weighted by Gasteiger charge is 2.20. The molecule has 0 aliphatic heterocycles. The molecule has 0 N–H and O–H groups in total. The van der Waals surface area contributed by atoms with Crippen LogP contribution in [0.5, 0.6) is 0 Å². The van der Waals surface area contributed by atoms with Crippen LogP contribution in [0, 0.1) is 0 Å². The maximum atomic E-state index is 5.44. The number of hydrogen-bond donors (Lipinski definition) is 0. The Kier molecular flexibility index (Phi) is 6.90. The van der Waals surface area contributed by atoms with Crippen LogP contribution in [0.1, 0.15) is 0 Å². The van der Waals surface area contributed by atoms with Crippen molar-refractivity contribution in [2.75, 3.05) is 0 Å². The van der Waals surface area contributed by atoms with Gasteiger partial charge >= 0.3 is 0 Å². The molecule has 2 nitrogen and oxygen atoms in total. The molecule has 0 amide bonds. The van der Waals surface area contributed by atoms with Crippen LogP contribution in [0.25, 0.3) is 96.5 Å². The smallest absolute Gasteiger partial charge is 0.160 e. The zero-order valence-corrected chi connectivity index (χ0v) is 28.5. The average Bonchev–Trinajstić information content (AvgIpc) is 3.76. The number of fused-ring (bicyclic) bond motifs is 6. The van der Waals surface area contributed by atoms with E-state index in [9.17, 15) is 0 Å². The maximum Gasteiger partial charge on any atom is 0.160 e. The van der Waals surface area contributed by atoms with E-state index in [2.05, 4.69) is 170 Å². The van der Waals surface area contributed by atoms with E-state index in [0.717, 1.165) is 38.2 Å². The van der Waals surface area contributed by atoms with Gasteiger partial charge in [-0.05, 0) is 69.8 Å². The lowest BCUT2D eigenvalue weighted by molar-refractivity contribution is 1.24. The number of benzene rings is 7. The highest BCUT2D eigenvalue weighted by atomic mass is 32.1. The molecule has 234 valence electrons. The summed E-state index contributed by atoms with van der Waals surface area (Å²) in [5, 5.41) is 3.71. The molecule has 0 saturated carbocycles. The molecule has 0 radical (unpaired) electrons. The highest BCUT2D eigenvalue weighted by molar-refractivity contribution is 7.26. The minimum Gasteiger partial charge on any atom is -0.226 e. The molecular weight excluding hydrogens is 645 g/mol. The molecule has 0 unspecified atom stereocenters. The Morgan fingerprint density at radius 2 is 0.920 bits per heavy atom. The predicted octanol–water partition coefficient (Wildman–Crippen LogP) is 13.5. The Bertz CT molecular complexity index is 2870. The van der Waals surface area contributed by atoms with E-state index < -0.39 is 0 Å². The third kappa shape index (κ3) is 4.92. The number of aromatic nitrogens is 2. The van der Waals surface area contributed by atoms with Crippen molar-refractivity contribution in [3.05, 3.63) is 170 Å². The summed E-state index contributed by atoms with van der Waals surface area (Å²) in [5.41, 5.74) is 11.2. The van der Waals surface area contributed by atoms with Crippen molar-refractivity contribution in [1.82, 2.24) is 9.97 Å². The van der Waals surface area contributed by atoms with Gasteiger partial charge in [-0.15, -0.1) is 22.7 Å². The highest BCUT2D eigenvalue weighted by Crippen LogP contribution is 2.45. The van der Waals surface area contributed by atoms with Gasteiger partial charge in [-0.25, -0.2) is 9.97 Å². The molecule has 0 aliphatic rings. The lowest BCUT2D eigenvalue weighted by Gasteiger charge is -2.12. The second-order valence-corrected chi connectivity index (χ2v) is 14.7. The predicted molar refractivity (Wildman–Crippen MR) is 215 cm³/mol. The van der Waals surface area contributed by atoms with Crippen LogP contribution in [-0.4, -0.2) is 9.97 Å². The molecule has 0 saturated heterocycles. The van der Waals surface area contributed by atoms with E-state index in [-0.39, 0.29) is 0 Å². The quantitative estimate of drug-likeness (QED) is 0.182. The first-order chi connectivity index (χ1) is 24.8. The Hall–Kier alpha value is -5.94. The van der Waals surface area contributed by atoms with Gasteiger partial charge in [0.25, 0.3) is 0 Å². The van der Waals surface area contributed by atoms with Gasteiger partial charge in [-0.3, -0.25) is 0 Å². The summed E-state index contributed by atoms with van der Waals surface area (Å²) < 4.78 is 4.83. The van der Waals surface area contributed by atoms with E-state index in [1.165, 1.54) is 58.3 Å². The van der Waals surface area contributed by atoms with Crippen molar-refractivity contribution in [2.24, 2.45) is 0 Å². The van der Waals surface area contributed by atoms with Crippen LogP contribution in [0.4, 0.5) is 0 Å². The fourth-order valence-electron chi connectivity index (χ4n) is 7.10. The molecule has 0 aliphatic carbocycles. The standard InChI is InChI=1S/C46H28N2S2/c1-3-13-29(14-4-1)31-17-11-19-33(25-31)38-27-35(28-41-42(38)36-21-7-9-23-39(36)49-41)46-47-43(45-44(48-46)37-22-8-10-24-40(37)50-45)34-20-12-18-32(26-34)30-15-5-2-6-16-30/h1-28H. The van der Waals surface area contributed by atoms with E-state index in [0.29, 0.717) is 0 Å². The van der Waals surface area contributed by atoms with Gasteiger partial charge < -0.3 is 0 Å². The van der Waals surface area contributed by atoms with Crippen molar-refractivity contribution < 1.29 is 0 Å². The third-order valence-electron chi connectivity index (χ3n) is 9.48. The van der Waals surface area contributed by atoms with Gasteiger partial charge in [0.15, 0.2) is 5.82 Å². The van der Waals surface area contributed by atoms with Gasteiger partial charge in [0.1, 0.15) is 0 Å². The summed E-state index contributed by atoms with van der Waals surface area (Å²) in [7, 11) is 0. The van der Waals surface area contributed by atoms with Gasteiger partial charge in [0, 0.05) is 41.4 Å². The molecule has 10 aromatic rings. The van der Waals surface area contributed by atoms with Crippen molar-refractivity contribution in [1.29, 1.82) is 0 Å². The van der Waals surface area contributed by atoms with Crippen LogP contribution in [0.15, 0.2) is 170 Å². The minimum absolute atomic E-state index is 0.737. The Balaban J connectivity index is 1.24. The summed E-state index contributed by atoms with van der Waals surface area (Å²) in [5.74, 6) is 0.737. The molecular formula is C46H28N2S2. The van der Waals surface area contributed by atoms with Gasteiger partial charge in [-0.2, -0.15) is 0 Å². The van der Waals surface area contributed by atoms with Crippen LogP contribution in [-0.2, 0) is 0 Å². The number of thiophene rings is 2. The van der Waals surface area contributed by atoms with Crippen molar-refractivity contribution >= 4 is 63.1 Å². The summed E-state index contributed by atoms with van der Waals surface area (Å²) in [6, 6.07) is 60.8. The largest absolute Gasteiger partial charge is 0.226 e. The topological polar surface area (TPSA) is 25.8 Å².